The fourth-order valence-electron chi connectivity index (χ4n) is 3.47. The third-order valence-corrected chi connectivity index (χ3v) is 6.84. The minimum Gasteiger partial charge on any atom is -0.293 e. The summed E-state index contributed by atoms with van der Waals surface area (Å²) in [5.74, 6) is 0. The average molecular weight is 430 g/mol. The predicted molar refractivity (Wildman–Crippen MR) is 125 cm³/mol. The van der Waals surface area contributed by atoms with Gasteiger partial charge in [-0.25, -0.2) is 9.97 Å². The van der Waals surface area contributed by atoms with Gasteiger partial charge in [0, 0.05) is 22.7 Å². The highest BCUT2D eigenvalue weighted by Gasteiger charge is 2.14. The first-order valence-electron chi connectivity index (χ1n) is 9.68. The Morgan fingerprint density at radius 1 is 0.967 bits per heavy atom. The van der Waals surface area contributed by atoms with Crippen LogP contribution in [-0.4, -0.2) is 14.5 Å². The van der Waals surface area contributed by atoms with Gasteiger partial charge < -0.3 is 0 Å². The number of hydrogen-bond donors (Lipinski definition) is 0. The topological polar surface area (TPSA) is 47.8 Å². The van der Waals surface area contributed by atoms with Gasteiger partial charge in [-0.15, -0.1) is 22.7 Å². The second-order valence-corrected chi connectivity index (χ2v) is 9.07. The van der Waals surface area contributed by atoms with Crippen LogP contribution in [0.1, 0.15) is 21.8 Å². The SMILES string of the molecule is Cc1ccc(-c2csc3ncn(Cc4csc(Cc5ccccc5)n4)c(=O)c23)cc1. The van der Waals surface area contributed by atoms with Gasteiger partial charge >= 0.3 is 0 Å². The lowest BCUT2D eigenvalue weighted by Gasteiger charge is -2.05. The fraction of sp³-hybridized carbons (Fsp3) is 0.125. The highest BCUT2D eigenvalue weighted by Crippen LogP contribution is 2.30. The summed E-state index contributed by atoms with van der Waals surface area (Å²) >= 11 is 3.14. The quantitative estimate of drug-likeness (QED) is 0.369. The molecule has 3 aromatic heterocycles. The van der Waals surface area contributed by atoms with E-state index in [1.54, 1.807) is 22.2 Å². The molecular weight excluding hydrogens is 410 g/mol. The van der Waals surface area contributed by atoms with Gasteiger partial charge in [0.05, 0.1) is 29.0 Å². The molecule has 0 spiro atoms. The normalized spacial score (nSPS) is 11.2. The van der Waals surface area contributed by atoms with Crippen molar-refractivity contribution in [3.05, 3.63) is 104 Å². The number of hydrogen-bond acceptors (Lipinski definition) is 5. The van der Waals surface area contributed by atoms with Crippen LogP contribution >= 0.6 is 22.7 Å². The van der Waals surface area contributed by atoms with E-state index >= 15 is 0 Å². The molecule has 0 fully saturated rings. The van der Waals surface area contributed by atoms with E-state index in [4.69, 9.17) is 4.98 Å². The van der Waals surface area contributed by atoms with Gasteiger partial charge in [0.15, 0.2) is 0 Å². The molecule has 30 heavy (non-hydrogen) atoms. The molecule has 4 nitrogen and oxygen atoms in total. The largest absolute Gasteiger partial charge is 0.293 e. The number of aryl methyl sites for hydroxylation is 1. The molecule has 0 N–H and O–H groups in total. The Bertz CT molecular complexity index is 1370. The summed E-state index contributed by atoms with van der Waals surface area (Å²) in [4.78, 5) is 23.3. The van der Waals surface area contributed by atoms with Crippen LogP contribution in [0.3, 0.4) is 0 Å². The molecule has 0 bridgehead atoms. The molecule has 6 heteroatoms. The van der Waals surface area contributed by atoms with E-state index < -0.39 is 0 Å². The van der Waals surface area contributed by atoms with E-state index in [0.29, 0.717) is 11.9 Å². The molecule has 0 saturated heterocycles. The first kappa shape index (κ1) is 18.9. The lowest BCUT2D eigenvalue weighted by Crippen LogP contribution is -2.21. The van der Waals surface area contributed by atoms with Crippen LogP contribution in [0.25, 0.3) is 21.3 Å². The first-order chi connectivity index (χ1) is 14.7. The Morgan fingerprint density at radius 2 is 1.77 bits per heavy atom. The molecule has 0 aliphatic heterocycles. The Balaban J connectivity index is 1.45. The number of nitrogens with zero attached hydrogens (tertiary/aromatic N) is 3. The molecule has 0 amide bonds. The highest BCUT2D eigenvalue weighted by atomic mass is 32.1. The Morgan fingerprint density at radius 3 is 2.57 bits per heavy atom. The van der Waals surface area contributed by atoms with Crippen molar-refractivity contribution in [2.75, 3.05) is 0 Å². The molecule has 148 valence electrons. The molecule has 5 aromatic rings. The maximum atomic E-state index is 13.3. The molecule has 3 heterocycles. The minimum absolute atomic E-state index is 0.0190. The molecule has 2 aromatic carbocycles. The maximum absolute atomic E-state index is 13.3. The van der Waals surface area contributed by atoms with Crippen LogP contribution in [0, 0.1) is 6.92 Å². The second-order valence-electron chi connectivity index (χ2n) is 7.27. The molecule has 0 aliphatic carbocycles. The van der Waals surface area contributed by atoms with Crippen LogP contribution < -0.4 is 5.56 Å². The summed E-state index contributed by atoms with van der Waals surface area (Å²) in [5.41, 5.74) is 5.30. The van der Waals surface area contributed by atoms with E-state index in [-0.39, 0.29) is 5.56 Å². The van der Waals surface area contributed by atoms with Crippen molar-refractivity contribution < 1.29 is 0 Å². The minimum atomic E-state index is -0.0190. The van der Waals surface area contributed by atoms with Crippen molar-refractivity contribution in [2.45, 2.75) is 19.9 Å². The monoisotopic (exact) mass is 429 g/mol. The van der Waals surface area contributed by atoms with Crippen LogP contribution in [-0.2, 0) is 13.0 Å². The van der Waals surface area contributed by atoms with Crippen LogP contribution in [0.4, 0.5) is 0 Å². The number of fused-ring (bicyclic) bond motifs is 1. The summed E-state index contributed by atoms with van der Waals surface area (Å²) < 4.78 is 1.66. The van der Waals surface area contributed by atoms with Gasteiger partial charge in [-0.2, -0.15) is 0 Å². The predicted octanol–water partition coefficient (Wildman–Crippen LogP) is 5.53. The molecule has 0 aliphatic rings. The Labute approximate surface area is 182 Å². The lowest BCUT2D eigenvalue weighted by molar-refractivity contribution is 0.732. The summed E-state index contributed by atoms with van der Waals surface area (Å²) in [6.45, 7) is 2.49. The third kappa shape index (κ3) is 3.72. The van der Waals surface area contributed by atoms with Crippen molar-refractivity contribution in [1.82, 2.24) is 14.5 Å². The first-order valence-corrected chi connectivity index (χ1v) is 11.4. The highest BCUT2D eigenvalue weighted by molar-refractivity contribution is 7.17. The van der Waals surface area contributed by atoms with Gasteiger partial charge in [-0.05, 0) is 18.1 Å². The number of thiophene rings is 1. The van der Waals surface area contributed by atoms with Crippen molar-refractivity contribution in [3.63, 3.8) is 0 Å². The zero-order chi connectivity index (χ0) is 20.5. The van der Waals surface area contributed by atoms with Gasteiger partial charge in [0.25, 0.3) is 5.56 Å². The smallest absolute Gasteiger partial charge is 0.263 e. The Kier molecular flexibility index (Phi) is 5.02. The summed E-state index contributed by atoms with van der Waals surface area (Å²) in [5, 5.41) is 5.79. The molecule has 0 saturated carbocycles. The number of aromatic nitrogens is 3. The van der Waals surface area contributed by atoms with E-state index in [2.05, 4.69) is 48.3 Å². The summed E-state index contributed by atoms with van der Waals surface area (Å²) in [6.07, 6.45) is 2.44. The summed E-state index contributed by atoms with van der Waals surface area (Å²) in [7, 11) is 0. The van der Waals surface area contributed by atoms with Crippen molar-refractivity contribution in [3.8, 4) is 11.1 Å². The standard InChI is InChI=1S/C24H19N3OS2/c1-16-7-9-18(10-8-16)20-14-30-23-22(20)24(28)27(15-25-23)12-19-13-29-21(26-19)11-17-5-3-2-4-6-17/h2-10,13-15H,11-12H2,1H3. The number of rotatable bonds is 5. The maximum Gasteiger partial charge on any atom is 0.263 e. The molecular formula is C24H19N3OS2. The van der Waals surface area contributed by atoms with Gasteiger partial charge in [0.1, 0.15) is 4.83 Å². The Hall–Kier alpha value is -3.09. The van der Waals surface area contributed by atoms with Crippen LogP contribution in [0.15, 0.2) is 76.5 Å². The van der Waals surface area contributed by atoms with Gasteiger partial charge in [-0.3, -0.25) is 9.36 Å². The fourth-order valence-corrected chi connectivity index (χ4v) is 5.20. The van der Waals surface area contributed by atoms with E-state index in [1.807, 2.05) is 29.0 Å². The molecule has 0 atom stereocenters. The van der Waals surface area contributed by atoms with E-state index in [1.165, 1.54) is 22.5 Å². The number of benzene rings is 2. The van der Waals surface area contributed by atoms with E-state index in [0.717, 1.165) is 33.1 Å². The summed E-state index contributed by atoms with van der Waals surface area (Å²) in [6, 6.07) is 18.6. The molecule has 5 rings (SSSR count). The zero-order valence-corrected chi connectivity index (χ0v) is 18.0. The molecule has 0 radical (unpaired) electrons. The van der Waals surface area contributed by atoms with Gasteiger partial charge in [-0.1, -0.05) is 60.2 Å². The second kappa shape index (κ2) is 7.97. The van der Waals surface area contributed by atoms with Gasteiger partial charge in [0.2, 0.25) is 0 Å². The van der Waals surface area contributed by atoms with E-state index in [9.17, 15) is 4.79 Å². The molecule has 0 unspecified atom stereocenters. The van der Waals surface area contributed by atoms with Crippen LogP contribution in [0.5, 0.6) is 0 Å². The van der Waals surface area contributed by atoms with Crippen molar-refractivity contribution >= 4 is 32.9 Å². The lowest BCUT2D eigenvalue weighted by atomic mass is 10.1. The third-order valence-electron chi connectivity index (χ3n) is 5.05. The average Bonchev–Trinajstić information content (AvgIpc) is 3.39. The van der Waals surface area contributed by atoms with Crippen LogP contribution in [0.2, 0.25) is 0 Å². The number of thiazole rings is 1. The zero-order valence-electron chi connectivity index (χ0n) is 16.4. The van der Waals surface area contributed by atoms with Crippen molar-refractivity contribution in [1.29, 1.82) is 0 Å². The van der Waals surface area contributed by atoms with Crippen molar-refractivity contribution in [2.24, 2.45) is 0 Å².